The number of rotatable bonds is 6. The van der Waals surface area contributed by atoms with Gasteiger partial charge in [-0.15, -0.1) is 0 Å². The molecule has 1 aliphatic heterocycles. The largest absolute Gasteiger partial charge is 0.498 e. The second kappa shape index (κ2) is 6.58. The van der Waals surface area contributed by atoms with Gasteiger partial charge in [0.15, 0.2) is 0 Å². The highest BCUT2D eigenvalue weighted by Gasteiger charge is 2.36. The van der Waals surface area contributed by atoms with Gasteiger partial charge in [0, 0.05) is 12.5 Å². The molecule has 19 heavy (non-hydrogen) atoms. The summed E-state index contributed by atoms with van der Waals surface area (Å²) in [5, 5.41) is 0. The summed E-state index contributed by atoms with van der Waals surface area (Å²) < 4.78 is 45.8. The number of allylic oxidation sites excluding steroid dienone is 2. The van der Waals surface area contributed by atoms with Crippen LogP contribution in [0.2, 0.25) is 0 Å². The first-order valence-electron chi connectivity index (χ1n) is 5.91. The SMILES string of the molecule is C/C(=C\C(=O)C(F)(F)F)OCCCC1CCC(=O)O1. The zero-order valence-corrected chi connectivity index (χ0v) is 10.5. The van der Waals surface area contributed by atoms with Gasteiger partial charge in [0.25, 0.3) is 5.78 Å². The van der Waals surface area contributed by atoms with Crippen molar-refractivity contribution in [3.63, 3.8) is 0 Å². The first-order chi connectivity index (χ1) is 8.79. The number of ether oxygens (including phenoxy) is 2. The Kier molecular flexibility index (Phi) is 5.38. The lowest BCUT2D eigenvalue weighted by Crippen LogP contribution is -2.20. The highest BCUT2D eigenvalue weighted by molar-refractivity contribution is 5.94. The van der Waals surface area contributed by atoms with Gasteiger partial charge in [-0.2, -0.15) is 13.2 Å². The fourth-order valence-corrected chi connectivity index (χ4v) is 1.64. The van der Waals surface area contributed by atoms with Crippen molar-refractivity contribution in [3.05, 3.63) is 11.8 Å². The molecule has 1 rings (SSSR count). The molecule has 0 spiro atoms. The molecule has 1 unspecified atom stereocenters. The molecule has 108 valence electrons. The van der Waals surface area contributed by atoms with E-state index >= 15 is 0 Å². The Morgan fingerprint density at radius 1 is 1.53 bits per heavy atom. The number of hydrogen-bond donors (Lipinski definition) is 0. The molecule has 0 aliphatic carbocycles. The summed E-state index contributed by atoms with van der Waals surface area (Å²) in [5.74, 6) is -2.24. The number of carbonyl (C=O) groups is 2. The van der Waals surface area contributed by atoms with Crippen molar-refractivity contribution in [2.45, 2.75) is 44.9 Å². The van der Waals surface area contributed by atoms with Gasteiger partial charge in [-0.1, -0.05) is 0 Å². The van der Waals surface area contributed by atoms with Crippen molar-refractivity contribution in [1.82, 2.24) is 0 Å². The molecule has 1 fully saturated rings. The van der Waals surface area contributed by atoms with Gasteiger partial charge in [-0.05, 0) is 26.2 Å². The molecule has 0 radical (unpaired) electrons. The number of alkyl halides is 3. The molecule has 0 aromatic heterocycles. The molecule has 0 aromatic carbocycles. The molecule has 0 bridgehead atoms. The molecular weight excluding hydrogens is 265 g/mol. The van der Waals surface area contributed by atoms with Gasteiger partial charge < -0.3 is 9.47 Å². The summed E-state index contributed by atoms with van der Waals surface area (Å²) in [6.45, 7) is 1.47. The molecule has 0 amide bonds. The maximum Gasteiger partial charge on any atom is 0.454 e. The molecule has 1 atom stereocenters. The fourth-order valence-electron chi connectivity index (χ4n) is 1.64. The lowest BCUT2D eigenvalue weighted by atomic mass is 10.1. The van der Waals surface area contributed by atoms with Crippen LogP contribution in [0.3, 0.4) is 0 Å². The molecule has 4 nitrogen and oxygen atoms in total. The molecule has 0 N–H and O–H groups in total. The van der Waals surface area contributed by atoms with Crippen LogP contribution >= 0.6 is 0 Å². The summed E-state index contributed by atoms with van der Waals surface area (Å²) in [6, 6.07) is 0. The van der Waals surface area contributed by atoms with Crippen LogP contribution in [0.1, 0.15) is 32.6 Å². The van der Waals surface area contributed by atoms with Crippen molar-refractivity contribution in [1.29, 1.82) is 0 Å². The quantitative estimate of drug-likeness (QED) is 0.325. The number of ketones is 1. The predicted molar refractivity (Wildman–Crippen MR) is 59.1 cm³/mol. The van der Waals surface area contributed by atoms with E-state index in [0.717, 1.165) is 0 Å². The number of esters is 1. The molecule has 1 heterocycles. The molecule has 1 saturated heterocycles. The van der Waals surface area contributed by atoms with Gasteiger partial charge in [0.05, 0.1) is 12.4 Å². The molecule has 1 aliphatic rings. The van der Waals surface area contributed by atoms with Crippen LogP contribution in [0, 0.1) is 0 Å². The fraction of sp³-hybridized carbons (Fsp3) is 0.667. The van der Waals surface area contributed by atoms with Gasteiger partial charge in [-0.25, -0.2) is 0 Å². The molecule has 0 saturated carbocycles. The van der Waals surface area contributed by atoms with Crippen molar-refractivity contribution in [2.75, 3.05) is 6.61 Å². The number of halogens is 3. The van der Waals surface area contributed by atoms with Crippen molar-refractivity contribution in [2.24, 2.45) is 0 Å². The summed E-state index contributed by atoms with van der Waals surface area (Å²) >= 11 is 0. The smallest absolute Gasteiger partial charge is 0.454 e. The normalized spacial score (nSPS) is 20.3. The number of cyclic esters (lactones) is 1. The third kappa shape index (κ3) is 5.76. The van der Waals surface area contributed by atoms with Gasteiger partial charge in [-0.3, -0.25) is 9.59 Å². The van der Waals surface area contributed by atoms with Crippen molar-refractivity contribution in [3.8, 4) is 0 Å². The monoisotopic (exact) mass is 280 g/mol. The lowest BCUT2D eigenvalue weighted by molar-refractivity contribution is -0.165. The molecule has 7 heteroatoms. The minimum Gasteiger partial charge on any atom is -0.498 e. The molecular formula is C12H15F3O4. The van der Waals surface area contributed by atoms with E-state index in [-0.39, 0.29) is 24.4 Å². The maximum atomic E-state index is 11.9. The Labute approximate surface area is 108 Å². The maximum absolute atomic E-state index is 11.9. The van der Waals surface area contributed by atoms with E-state index < -0.39 is 12.0 Å². The summed E-state index contributed by atoms with van der Waals surface area (Å²) in [4.78, 5) is 21.4. The lowest BCUT2D eigenvalue weighted by Gasteiger charge is -2.10. The zero-order valence-electron chi connectivity index (χ0n) is 10.5. The summed E-state index contributed by atoms with van der Waals surface area (Å²) in [6.07, 6.45) is -2.35. The van der Waals surface area contributed by atoms with E-state index in [9.17, 15) is 22.8 Å². The minimum atomic E-state index is -4.87. The van der Waals surface area contributed by atoms with E-state index in [1.54, 1.807) is 0 Å². The minimum absolute atomic E-state index is 0.0780. The average molecular weight is 280 g/mol. The highest BCUT2D eigenvalue weighted by atomic mass is 19.4. The second-order valence-electron chi connectivity index (χ2n) is 4.26. The van der Waals surface area contributed by atoms with Gasteiger partial charge >= 0.3 is 12.1 Å². The topological polar surface area (TPSA) is 52.6 Å². The summed E-state index contributed by atoms with van der Waals surface area (Å²) in [5.41, 5.74) is 0. The number of hydrogen-bond acceptors (Lipinski definition) is 4. The van der Waals surface area contributed by atoms with Crippen LogP contribution in [0.15, 0.2) is 11.8 Å². The molecule has 0 aromatic rings. The van der Waals surface area contributed by atoms with Crippen LogP contribution in [-0.4, -0.2) is 30.6 Å². The van der Waals surface area contributed by atoms with E-state index in [1.807, 2.05) is 0 Å². The second-order valence-corrected chi connectivity index (χ2v) is 4.26. The Balaban J connectivity index is 2.20. The van der Waals surface area contributed by atoms with Crippen LogP contribution < -0.4 is 0 Å². The Hall–Kier alpha value is -1.53. The highest BCUT2D eigenvalue weighted by Crippen LogP contribution is 2.19. The van der Waals surface area contributed by atoms with E-state index in [0.29, 0.717) is 31.8 Å². The zero-order chi connectivity index (χ0) is 14.5. The Morgan fingerprint density at radius 3 is 2.74 bits per heavy atom. The van der Waals surface area contributed by atoms with Crippen LogP contribution in [0.4, 0.5) is 13.2 Å². The third-order valence-corrected chi connectivity index (χ3v) is 2.58. The van der Waals surface area contributed by atoms with Gasteiger partial charge in [0.2, 0.25) is 0 Å². The number of carbonyl (C=O) groups excluding carboxylic acids is 2. The van der Waals surface area contributed by atoms with E-state index in [2.05, 4.69) is 0 Å². The third-order valence-electron chi connectivity index (χ3n) is 2.58. The van der Waals surface area contributed by atoms with Crippen molar-refractivity contribution >= 4 is 11.8 Å². The predicted octanol–water partition coefficient (Wildman–Crippen LogP) is 2.52. The van der Waals surface area contributed by atoms with Crippen LogP contribution in [-0.2, 0) is 19.1 Å². The Morgan fingerprint density at radius 2 is 2.21 bits per heavy atom. The standard InChI is InChI=1S/C12H15F3O4/c1-8(7-10(16)12(13,14)15)18-6-2-3-9-4-5-11(17)19-9/h7,9H,2-6H2,1H3/b8-7+. The van der Waals surface area contributed by atoms with Crippen molar-refractivity contribution < 1.29 is 32.2 Å². The van der Waals surface area contributed by atoms with E-state index in [4.69, 9.17) is 9.47 Å². The van der Waals surface area contributed by atoms with E-state index in [1.165, 1.54) is 6.92 Å². The summed E-state index contributed by atoms with van der Waals surface area (Å²) in [7, 11) is 0. The Bertz CT molecular complexity index is 374. The van der Waals surface area contributed by atoms with Crippen LogP contribution in [0.5, 0.6) is 0 Å². The first kappa shape index (κ1) is 15.5. The first-order valence-corrected chi connectivity index (χ1v) is 5.91. The van der Waals surface area contributed by atoms with Gasteiger partial charge in [0.1, 0.15) is 6.10 Å². The van der Waals surface area contributed by atoms with Crippen LogP contribution in [0.25, 0.3) is 0 Å². The average Bonchev–Trinajstić information content (AvgIpc) is 2.69.